The molecule has 1 saturated carbocycles. The van der Waals surface area contributed by atoms with Gasteiger partial charge in [-0.1, -0.05) is 24.6 Å². The van der Waals surface area contributed by atoms with E-state index in [0.717, 1.165) is 17.5 Å². The van der Waals surface area contributed by atoms with Gasteiger partial charge in [0.25, 0.3) is 0 Å². The molecule has 0 radical (unpaired) electrons. The molecule has 4 nitrogen and oxygen atoms in total. The van der Waals surface area contributed by atoms with Crippen LogP contribution in [0.2, 0.25) is 0 Å². The van der Waals surface area contributed by atoms with E-state index in [-0.39, 0.29) is 0 Å². The Balaban J connectivity index is 1.97. The van der Waals surface area contributed by atoms with Gasteiger partial charge in [-0.25, -0.2) is 4.98 Å². The molecule has 5 heteroatoms. The van der Waals surface area contributed by atoms with Crippen molar-refractivity contribution in [2.24, 2.45) is 11.7 Å². The highest BCUT2D eigenvalue weighted by molar-refractivity contribution is 7.99. The molecule has 0 amide bonds. The molecule has 1 heterocycles. The molecule has 3 N–H and O–H groups in total. The van der Waals surface area contributed by atoms with Gasteiger partial charge < -0.3 is 5.73 Å². The molecule has 0 saturated heterocycles. The predicted octanol–water partition coefficient (Wildman–Crippen LogP) is 1.72. The second kappa shape index (κ2) is 4.99. The van der Waals surface area contributed by atoms with Crippen molar-refractivity contribution >= 4 is 11.8 Å². The fourth-order valence-electron chi connectivity index (χ4n) is 2.11. The molecule has 2 rings (SSSR count). The zero-order valence-electron chi connectivity index (χ0n) is 9.07. The lowest BCUT2D eigenvalue weighted by molar-refractivity contribution is 0.378. The third kappa shape index (κ3) is 2.72. The maximum atomic E-state index is 5.79. The van der Waals surface area contributed by atoms with Crippen LogP contribution in [0.5, 0.6) is 0 Å². The van der Waals surface area contributed by atoms with Crippen LogP contribution in [0.25, 0.3) is 0 Å². The Morgan fingerprint density at radius 1 is 1.47 bits per heavy atom. The highest BCUT2D eigenvalue weighted by Gasteiger charge is 2.25. The molecule has 0 aliphatic heterocycles. The standard InChI is InChI=1S/C10H18N4S/c1-7-12-10(14-13-7)15-9-5-3-2-4-8(9)6-11/h8-9H,2-6,11H2,1H3,(H,12,13,14). The highest BCUT2D eigenvalue weighted by Crippen LogP contribution is 2.35. The van der Waals surface area contributed by atoms with Gasteiger partial charge in [0, 0.05) is 5.25 Å². The van der Waals surface area contributed by atoms with Gasteiger partial charge in [-0.2, -0.15) is 0 Å². The molecule has 84 valence electrons. The van der Waals surface area contributed by atoms with Gasteiger partial charge in [0.2, 0.25) is 5.16 Å². The van der Waals surface area contributed by atoms with E-state index in [1.54, 1.807) is 11.8 Å². The monoisotopic (exact) mass is 226 g/mol. The number of thioether (sulfide) groups is 1. The summed E-state index contributed by atoms with van der Waals surface area (Å²) < 4.78 is 0. The molecule has 1 aliphatic carbocycles. The predicted molar refractivity (Wildman–Crippen MR) is 61.8 cm³/mol. The molecular formula is C10H18N4S. The SMILES string of the molecule is Cc1nc(SC2CCCCC2CN)n[nH]1. The number of rotatable bonds is 3. The summed E-state index contributed by atoms with van der Waals surface area (Å²) in [6, 6.07) is 0. The quantitative estimate of drug-likeness (QED) is 0.823. The summed E-state index contributed by atoms with van der Waals surface area (Å²) in [6.45, 7) is 2.72. The summed E-state index contributed by atoms with van der Waals surface area (Å²) in [5.41, 5.74) is 5.79. The minimum atomic E-state index is 0.610. The molecule has 1 aromatic rings. The summed E-state index contributed by atoms with van der Waals surface area (Å²) in [4.78, 5) is 4.33. The maximum absolute atomic E-state index is 5.79. The Bertz CT molecular complexity index is 312. The number of nitrogens with zero attached hydrogens (tertiary/aromatic N) is 2. The van der Waals surface area contributed by atoms with Crippen molar-refractivity contribution in [3.8, 4) is 0 Å². The largest absolute Gasteiger partial charge is 0.330 e. The first kappa shape index (κ1) is 11.0. The Morgan fingerprint density at radius 2 is 2.27 bits per heavy atom. The molecule has 2 atom stereocenters. The van der Waals surface area contributed by atoms with Crippen molar-refractivity contribution < 1.29 is 0 Å². The molecule has 1 aliphatic rings. The van der Waals surface area contributed by atoms with Crippen molar-refractivity contribution in [3.05, 3.63) is 5.82 Å². The van der Waals surface area contributed by atoms with Gasteiger partial charge in [0.15, 0.2) is 0 Å². The molecule has 2 unspecified atom stereocenters. The Kier molecular flexibility index (Phi) is 3.64. The van der Waals surface area contributed by atoms with E-state index in [1.807, 2.05) is 6.92 Å². The molecule has 0 aromatic carbocycles. The van der Waals surface area contributed by atoms with Crippen LogP contribution in [0.4, 0.5) is 0 Å². The van der Waals surface area contributed by atoms with Crippen LogP contribution >= 0.6 is 11.8 Å². The van der Waals surface area contributed by atoms with Crippen LogP contribution in [0.15, 0.2) is 5.16 Å². The maximum Gasteiger partial charge on any atom is 0.208 e. The van der Waals surface area contributed by atoms with E-state index in [4.69, 9.17) is 5.73 Å². The first-order valence-corrected chi connectivity index (χ1v) is 6.43. The second-order valence-corrected chi connectivity index (χ2v) is 5.35. The van der Waals surface area contributed by atoms with Gasteiger partial charge >= 0.3 is 0 Å². The Labute approximate surface area is 94.4 Å². The average molecular weight is 226 g/mol. The minimum Gasteiger partial charge on any atom is -0.330 e. The fourth-order valence-corrected chi connectivity index (χ4v) is 3.39. The summed E-state index contributed by atoms with van der Waals surface area (Å²) in [6.07, 6.45) is 5.15. The minimum absolute atomic E-state index is 0.610. The zero-order valence-corrected chi connectivity index (χ0v) is 9.89. The number of aromatic amines is 1. The lowest BCUT2D eigenvalue weighted by atomic mass is 9.89. The van der Waals surface area contributed by atoms with E-state index in [9.17, 15) is 0 Å². The van der Waals surface area contributed by atoms with E-state index in [0.29, 0.717) is 11.2 Å². The lowest BCUT2D eigenvalue weighted by Crippen LogP contribution is -2.28. The first-order chi connectivity index (χ1) is 7.29. The fraction of sp³-hybridized carbons (Fsp3) is 0.800. The van der Waals surface area contributed by atoms with Crippen LogP contribution in [0, 0.1) is 12.8 Å². The normalized spacial score (nSPS) is 26.8. The smallest absolute Gasteiger partial charge is 0.208 e. The van der Waals surface area contributed by atoms with E-state index in [2.05, 4.69) is 15.2 Å². The van der Waals surface area contributed by atoms with E-state index >= 15 is 0 Å². The average Bonchev–Trinajstić information content (AvgIpc) is 2.65. The number of H-pyrrole nitrogens is 1. The zero-order chi connectivity index (χ0) is 10.7. The number of hydrogen-bond donors (Lipinski definition) is 2. The summed E-state index contributed by atoms with van der Waals surface area (Å²) >= 11 is 1.78. The van der Waals surface area contributed by atoms with Gasteiger partial charge in [0.1, 0.15) is 5.82 Å². The molecule has 0 spiro atoms. The molecule has 1 aromatic heterocycles. The van der Waals surface area contributed by atoms with Crippen LogP contribution in [-0.4, -0.2) is 27.0 Å². The van der Waals surface area contributed by atoms with Crippen molar-refractivity contribution in [1.82, 2.24) is 15.2 Å². The van der Waals surface area contributed by atoms with Crippen molar-refractivity contribution in [2.45, 2.75) is 43.0 Å². The second-order valence-electron chi connectivity index (χ2n) is 4.14. The topological polar surface area (TPSA) is 67.6 Å². The number of nitrogens with one attached hydrogen (secondary N) is 1. The number of hydrogen-bond acceptors (Lipinski definition) is 4. The van der Waals surface area contributed by atoms with Crippen LogP contribution in [0.3, 0.4) is 0 Å². The highest BCUT2D eigenvalue weighted by atomic mass is 32.2. The Hall–Kier alpha value is -0.550. The third-order valence-corrected chi connectivity index (χ3v) is 4.29. The molecular weight excluding hydrogens is 208 g/mol. The van der Waals surface area contributed by atoms with Gasteiger partial charge in [0.05, 0.1) is 0 Å². The van der Waals surface area contributed by atoms with Crippen molar-refractivity contribution in [3.63, 3.8) is 0 Å². The van der Waals surface area contributed by atoms with Crippen molar-refractivity contribution in [1.29, 1.82) is 0 Å². The summed E-state index contributed by atoms with van der Waals surface area (Å²) in [5.74, 6) is 1.53. The Morgan fingerprint density at radius 3 is 2.93 bits per heavy atom. The van der Waals surface area contributed by atoms with Gasteiger partial charge in [-0.15, -0.1) is 5.10 Å². The van der Waals surface area contributed by atoms with E-state index in [1.165, 1.54) is 25.7 Å². The van der Waals surface area contributed by atoms with Gasteiger partial charge in [-0.3, -0.25) is 5.10 Å². The van der Waals surface area contributed by atoms with Gasteiger partial charge in [-0.05, 0) is 32.2 Å². The summed E-state index contributed by atoms with van der Waals surface area (Å²) in [5, 5.41) is 8.53. The van der Waals surface area contributed by atoms with Crippen LogP contribution in [0.1, 0.15) is 31.5 Å². The van der Waals surface area contributed by atoms with Crippen LogP contribution in [-0.2, 0) is 0 Å². The number of nitrogens with two attached hydrogens (primary N) is 1. The number of aryl methyl sites for hydroxylation is 1. The molecule has 1 fully saturated rings. The van der Waals surface area contributed by atoms with E-state index < -0.39 is 0 Å². The van der Waals surface area contributed by atoms with Crippen LogP contribution < -0.4 is 5.73 Å². The molecule has 15 heavy (non-hydrogen) atoms. The summed E-state index contributed by atoms with van der Waals surface area (Å²) in [7, 11) is 0. The lowest BCUT2D eigenvalue weighted by Gasteiger charge is -2.28. The first-order valence-electron chi connectivity index (χ1n) is 5.55. The third-order valence-electron chi connectivity index (χ3n) is 2.98. The van der Waals surface area contributed by atoms with Crippen molar-refractivity contribution in [2.75, 3.05) is 6.54 Å². The molecule has 0 bridgehead atoms. The number of aromatic nitrogens is 3.